The molecule has 6 nitrogen and oxygen atoms in total. The van der Waals surface area contributed by atoms with Crippen LogP contribution in [-0.4, -0.2) is 28.3 Å². The largest absolute Gasteiger partial charge is 0.454 e. The first-order valence-electron chi connectivity index (χ1n) is 6.74. The Morgan fingerprint density at radius 3 is 3.00 bits per heavy atom. The van der Waals surface area contributed by atoms with Crippen LogP contribution in [-0.2, 0) is 6.54 Å². The van der Waals surface area contributed by atoms with Gasteiger partial charge in [-0.15, -0.1) is 5.10 Å². The topological polar surface area (TPSA) is 61.2 Å². The Bertz CT molecular complexity index is 595. The third-order valence-corrected chi connectivity index (χ3v) is 3.02. The number of aromatic nitrogens is 3. The van der Waals surface area contributed by atoms with Crippen LogP contribution in [0.25, 0.3) is 5.69 Å². The van der Waals surface area contributed by atoms with E-state index in [0.29, 0.717) is 5.92 Å². The minimum Gasteiger partial charge on any atom is -0.454 e. The van der Waals surface area contributed by atoms with Crippen molar-refractivity contribution >= 4 is 0 Å². The van der Waals surface area contributed by atoms with Crippen LogP contribution in [0.2, 0.25) is 0 Å². The van der Waals surface area contributed by atoms with Gasteiger partial charge in [0.15, 0.2) is 11.5 Å². The van der Waals surface area contributed by atoms with Crippen LogP contribution in [0, 0.1) is 5.92 Å². The molecule has 6 heteroatoms. The van der Waals surface area contributed by atoms with Gasteiger partial charge in [-0.3, -0.25) is 0 Å². The fourth-order valence-corrected chi connectivity index (χ4v) is 2.02. The Hall–Kier alpha value is -2.08. The van der Waals surface area contributed by atoms with Crippen LogP contribution < -0.4 is 14.8 Å². The van der Waals surface area contributed by atoms with E-state index < -0.39 is 0 Å². The maximum atomic E-state index is 5.36. The molecule has 1 aromatic carbocycles. The van der Waals surface area contributed by atoms with Crippen molar-refractivity contribution in [2.45, 2.75) is 20.4 Å². The van der Waals surface area contributed by atoms with E-state index in [1.165, 1.54) is 0 Å². The molecule has 0 saturated carbocycles. The van der Waals surface area contributed by atoms with E-state index in [1.807, 2.05) is 24.4 Å². The molecule has 1 aliphatic rings. The van der Waals surface area contributed by atoms with Gasteiger partial charge in [-0.25, -0.2) is 4.68 Å². The second-order valence-electron chi connectivity index (χ2n) is 5.22. The van der Waals surface area contributed by atoms with E-state index in [2.05, 4.69) is 29.5 Å². The second kappa shape index (κ2) is 5.50. The molecule has 0 aliphatic carbocycles. The summed E-state index contributed by atoms with van der Waals surface area (Å²) in [5.41, 5.74) is 1.83. The third kappa shape index (κ3) is 2.75. The van der Waals surface area contributed by atoms with Crippen molar-refractivity contribution in [3.63, 3.8) is 0 Å². The number of nitrogens with zero attached hydrogens (tertiary/aromatic N) is 3. The fourth-order valence-electron chi connectivity index (χ4n) is 2.02. The Morgan fingerprint density at radius 2 is 2.15 bits per heavy atom. The van der Waals surface area contributed by atoms with Gasteiger partial charge in [0.25, 0.3) is 0 Å². The maximum Gasteiger partial charge on any atom is 0.231 e. The first kappa shape index (κ1) is 12.9. The van der Waals surface area contributed by atoms with Gasteiger partial charge in [-0.05, 0) is 24.6 Å². The minimum atomic E-state index is 0.278. The summed E-state index contributed by atoms with van der Waals surface area (Å²) < 4.78 is 12.4. The molecule has 20 heavy (non-hydrogen) atoms. The SMILES string of the molecule is CC(C)CNCc1cn(-c2ccc3c(c2)OCO3)nn1. The highest BCUT2D eigenvalue weighted by molar-refractivity contribution is 5.49. The summed E-state index contributed by atoms with van der Waals surface area (Å²) in [5.74, 6) is 2.14. The molecule has 0 fully saturated rings. The van der Waals surface area contributed by atoms with E-state index in [9.17, 15) is 0 Å². The number of benzene rings is 1. The number of hydrogen-bond acceptors (Lipinski definition) is 5. The summed E-state index contributed by atoms with van der Waals surface area (Å²) in [5, 5.41) is 11.6. The first-order valence-corrected chi connectivity index (χ1v) is 6.74. The summed E-state index contributed by atoms with van der Waals surface area (Å²) in [6.45, 7) is 6.33. The molecule has 0 amide bonds. The molecule has 2 aromatic rings. The van der Waals surface area contributed by atoms with Gasteiger partial charge in [0.1, 0.15) is 0 Å². The van der Waals surface area contributed by atoms with E-state index in [0.717, 1.165) is 36.0 Å². The molecule has 1 aliphatic heterocycles. The van der Waals surface area contributed by atoms with Crippen LogP contribution in [0.15, 0.2) is 24.4 Å². The summed E-state index contributed by atoms with van der Waals surface area (Å²) in [4.78, 5) is 0. The Labute approximate surface area is 117 Å². The molecule has 1 N–H and O–H groups in total. The van der Waals surface area contributed by atoms with Crippen LogP contribution in [0.3, 0.4) is 0 Å². The molecule has 0 spiro atoms. The second-order valence-corrected chi connectivity index (χ2v) is 5.22. The molecule has 2 heterocycles. The van der Waals surface area contributed by atoms with Gasteiger partial charge >= 0.3 is 0 Å². The zero-order valence-corrected chi connectivity index (χ0v) is 11.7. The average molecular weight is 274 g/mol. The van der Waals surface area contributed by atoms with Crippen LogP contribution in [0.1, 0.15) is 19.5 Å². The predicted octanol–water partition coefficient (Wildman–Crippen LogP) is 1.74. The van der Waals surface area contributed by atoms with Crippen LogP contribution in [0.5, 0.6) is 11.5 Å². The smallest absolute Gasteiger partial charge is 0.231 e. The molecule has 0 unspecified atom stereocenters. The number of ether oxygens (including phenoxy) is 2. The highest BCUT2D eigenvalue weighted by Gasteiger charge is 2.14. The summed E-state index contributed by atoms with van der Waals surface area (Å²) in [6.07, 6.45) is 1.92. The molecular weight excluding hydrogens is 256 g/mol. The number of hydrogen-bond donors (Lipinski definition) is 1. The predicted molar refractivity (Wildman–Crippen MR) is 74.0 cm³/mol. The van der Waals surface area contributed by atoms with Crippen molar-refractivity contribution < 1.29 is 9.47 Å². The lowest BCUT2D eigenvalue weighted by Gasteiger charge is -2.04. The normalized spacial score (nSPS) is 13.2. The quantitative estimate of drug-likeness (QED) is 0.900. The van der Waals surface area contributed by atoms with Crippen molar-refractivity contribution in [1.82, 2.24) is 20.3 Å². The van der Waals surface area contributed by atoms with E-state index >= 15 is 0 Å². The highest BCUT2D eigenvalue weighted by Crippen LogP contribution is 2.33. The molecule has 3 rings (SSSR count). The van der Waals surface area contributed by atoms with Crippen LogP contribution in [0.4, 0.5) is 0 Å². The van der Waals surface area contributed by atoms with Gasteiger partial charge in [-0.1, -0.05) is 19.1 Å². The summed E-state index contributed by atoms with van der Waals surface area (Å²) >= 11 is 0. The molecular formula is C14H18N4O2. The third-order valence-electron chi connectivity index (χ3n) is 3.02. The molecule has 0 radical (unpaired) electrons. The van der Waals surface area contributed by atoms with Gasteiger partial charge in [0.05, 0.1) is 17.6 Å². The van der Waals surface area contributed by atoms with E-state index in [-0.39, 0.29) is 6.79 Å². The van der Waals surface area contributed by atoms with Gasteiger partial charge < -0.3 is 14.8 Å². The summed E-state index contributed by atoms with van der Waals surface area (Å²) in [6, 6.07) is 5.73. The lowest BCUT2D eigenvalue weighted by Crippen LogP contribution is -2.19. The Balaban J connectivity index is 1.70. The monoisotopic (exact) mass is 274 g/mol. The van der Waals surface area contributed by atoms with Crippen molar-refractivity contribution in [3.05, 3.63) is 30.1 Å². The average Bonchev–Trinajstić information content (AvgIpc) is 3.05. The Kier molecular flexibility index (Phi) is 3.56. The van der Waals surface area contributed by atoms with Gasteiger partial charge in [-0.2, -0.15) is 0 Å². The number of rotatable bonds is 5. The van der Waals surface area contributed by atoms with Gasteiger partial charge in [0, 0.05) is 12.6 Å². The standard InChI is InChI=1S/C14H18N4O2/c1-10(2)6-15-7-11-8-18(17-16-11)12-3-4-13-14(5-12)20-9-19-13/h3-5,8,10,15H,6-7,9H2,1-2H3. The number of nitrogens with one attached hydrogen (secondary N) is 1. The molecule has 0 bridgehead atoms. The van der Waals surface area contributed by atoms with Crippen molar-refractivity contribution in [2.24, 2.45) is 5.92 Å². The van der Waals surface area contributed by atoms with Crippen molar-refractivity contribution in [2.75, 3.05) is 13.3 Å². The molecule has 0 atom stereocenters. The Morgan fingerprint density at radius 1 is 1.30 bits per heavy atom. The highest BCUT2D eigenvalue weighted by atomic mass is 16.7. The molecule has 1 aromatic heterocycles. The maximum absolute atomic E-state index is 5.36. The van der Waals surface area contributed by atoms with E-state index in [1.54, 1.807) is 4.68 Å². The van der Waals surface area contributed by atoms with Crippen LogP contribution >= 0.6 is 0 Å². The number of fused-ring (bicyclic) bond motifs is 1. The van der Waals surface area contributed by atoms with E-state index in [4.69, 9.17) is 9.47 Å². The first-order chi connectivity index (χ1) is 9.72. The summed E-state index contributed by atoms with van der Waals surface area (Å²) in [7, 11) is 0. The lowest BCUT2D eigenvalue weighted by atomic mass is 10.2. The minimum absolute atomic E-state index is 0.278. The van der Waals surface area contributed by atoms with Crippen molar-refractivity contribution in [3.8, 4) is 17.2 Å². The van der Waals surface area contributed by atoms with Crippen molar-refractivity contribution in [1.29, 1.82) is 0 Å². The lowest BCUT2D eigenvalue weighted by molar-refractivity contribution is 0.174. The molecule has 106 valence electrons. The zero-order chi connectivity index (χ0) is 13.9. The van der Waals surface area contributed by atoms with Gasteiger partial charge in [0.2, 0.25) is 6.79 Å². The zero-order valence-electron chi connectivity index (χ0n) is 11.7. The fraction of sp³-hybridized carbons (Fsp3) is 0.429. The molecule has 0 saturated heterocycles.